The zero-order chi connectivity index (χ0) is 15.8. The number of fused-ring (bicyclic) bond motifs is 2. The number of aryl methyl sites for hydroxylation is 1. The van der Waals surface area contributed by atoms with Gasteiger partial charge in [0.05, 0.1) is 11.6 Å². The first-order valence-electron chi connectivity index (χ1n) is 7.33. The summed E-state index contributed by atoms with van der Waals surface area (Å²) in [5.74, 6) is 0.808. The molecule has 7 heteroatoms. The highest BCUT2D eigenvalue weighted by molar-refractivity contribution is 6.31. The summed E-state index contributed by atoms with van der Waals surface area (Å²) < 4.78 is 3.94. The molecule has 23 heavy (non-hydrogen) atoms. The molecule has 0 saturated heterocycles. The molecule has 3 heterocycles. The second kappa shape index (κ2) is 5.55. The van der Waals surface area contributed by atoms with Crippen LogP contribution < -0.4 is 5.32 Å². The highest BCUT2D eigenvalue weighted by Gasteiger charge is 2.07. The Morgan fingerprint density at radius 2 is 2.13 bits per heavy atom. The molecule has 0 fully saturated rings. The maximum atomic E-state index is 6.03. The number of rotatable bonds is 4. The van der Waals surface area contributed by atoms with E-state index in [9.17, 15) is 0 Å². The first-order valence-corrected chi connectivity index (χ1v) is 7.71. The van der Waals surface area contributed by atoms with Gasteiger partial charge in [-0.1, -0.05) is 11.6 Å². The van der Waals surface area contributed by atoms with Crippen LogP contribution >= 0.6 is 11.6 Å². The Balaban J connectivity index is 1.52. The van der Waals surface area contributed by atoms with Gasteiger partial charge in [-0.3, -0.25) is 4.68 Å². The second-order valence-corrected chi connectivity index (χ2v) is 5.80. The van der Waals surface area contributed by atoms with E-state index in [1.54, 1.807) is 17.2 Å². The van der Waals surface area contributed by atoms with Gasteiger partial charge in [0.15, 0.2) is 5.65 Å². The molecule has 0 unspecified atom stereocenters. The zero-order valence-electron chi connectivity index (χ0n) is 12.6. The number of aromatic nitrogens is 5. The van der Waals surface area contributed by atoms with Crippen molar-refractivity contribution < 1.29 is 0 Å². The topological polar surface area (TPSA) is 60.6 Å². The van der Waals surface area contributed by atoms with Gasteiger partial charge >= 0.3 is 0 Å². The van der Waals surface area contributed by atoms with Crippen molar-refractivity contribution in [2.45, 2.75) is 6.54 Å². The van der Waals surface area contributed by atoms with Crippen molar-refractivity contribution in [1.82, 2.24) is 24.3 Å². The van der Waals surface area contributed by atoms with Crippen LogP contribution in [0.3, 0.4) is 0 Å². The third kappa shape index (κ3) is 2.51. The standard InChI is InChI=1S/C16H15ClN6/c1-22-16-13(9-21-22)15(19-10-20-16)18-5-7-23-6-4-11-8-12(17)2-3-14(11)23/h2-4,6,8-10H,5,7H2,1H3,(H,18,19,20). The molecule has 3 aromatic heterocycles. The maximum absolute atomic E-state index is 6.03. The van der Waals surface area contributed by atoms with Gasteiger partial charge in [0.2, 0.25) is 0 Å². The molecule has 0 atom stereocenters. The molecule has 0 saturated carbocycles. The highest BCUT2D eigenvalue weighted by atomic mass is 35.5. The lowest BCUT2D eigenvalue weighted by Crippen LogP contribution is -2.11. The van der Waals surface area contributed by atoms with Gasteiger partial charge in [-0.2, -0.15) is 5.10 Å². The summed E-state index contributed by atoms with van der Waals surface area (Å²) in [5.41, 5.74) is 1.99. The Bertz CT molecular complexity index is 987. The molecule has 0 amide bonds. The van der Waals surface area contributed by atoms with E-state index in [0.29, 0.717) is 0 Å². The average molecular weight is 327 g/mol. The minimum atomic E-state index is 0.757. The number of anilines is 1. The fraction of sp³-hybridized carbons (Fsp3) is 0.188. The molecule has 0 spiro atoms. The summed E-state index contributed by atoms with van der Waals surface area (Å²) in [4.78, 5) is 8.55. The van der Waals surface area contributed by atoms with Crippen molar-refractivity contribution in [1.29, 1.82) is 0 Å². The molecule has 0 aliphatic heterocycles. The van der Waals surface area contributed by atoms with Crippen LogP contribution in [0.5, 0.6) is 0 Å². The van der Waals surface area contributed by atoms with Crippen LogP contribution in [0, 0.1) is 0 Å². The Labute approximate surface area is 137 Å². The summed E-state index contributed by atoms with van der Waals surface area (Å²) in [6.45, 7) is 1.59. The predicted molar refractivity (Wildman–Crippen MR) is 91.7 cm³/mol. The lowest BCUT2D eigenvalue weighted by Gasteiger charge is -2.08. The van der Waals surface area contributed by atoms with Crippen LogP contribution in [-0.4, -0.2) is 30.9 Å². The largest absolute Gasteiger partial charge is 0.368 e. The normalized spacial score (nSPS) is 11.4. The van der Waals surface area contributed by atoms with E-state index < -0.39 is 0 Å². The number of benzene rings is 1. The maximum Gasteiger partial charge on any atom is 0.163 e. The van der Waals surface area contributed by atoms with E-state index in [4.69, 9.17) is 11.6 Å². The third-order valence-electron chi connectivity index (χ3n) is 3.91. The van der Waals surface area contributed by atoms with E-state index in [1.165, 1.54) is 5.52 Å². The van der Waals surface area contributed by atoms with Crippen molar-refractivity contribution in [3.8, 4) is 0 Å². The third-order valence-corrected chi connectivity index (χ3v) is 4.14. The monoisotopic (exact) mass is 326 g/mol. The minimum absolute atomic E-state index is 0.757. The van der Waals surface area contributed by atoms with Crippen molar-refractivity contribution in [2.75, 3.05) is 11.9 Å². The molecule has 6 nitrogen and oxygen atoms in total. The lowest BCUT2D eigenvalue weighted by molar-refractivity contribution is 0.755. The summed E-state index contributed by atoms with van der Waals surface area (Å²) >= 11 is 6.03. The van der Waals surface area contributed by atoms with Gasteiger partial charge in [-0.05, 0) is 24.3 Å². The van der Waals surface area contributed by atoms with Crippen LogP contribution in [0.4, 0.5) is 5.82 Å². The molecule has 0 radical (unpaired) electrons. The molecule has 0 bridgehead atoms. The molecular weight excluding hydrogens is 312 g/mol. The number of nitrogens with zero attached hydrogens (tertiary/aromatic N) is 5. The molecule has 4 rings (SSSR count). The fourth-order valence-electron chi connectivity index (χ4n) is 2.76. The molecule has 1 aromatic carbocycles. The Morgan fingerprint density at radius 3 is 3.04 bits per heavy atom. The van der Waals surface area contributed by atoms with Crippen LogP contribution in [0.15, 0.2) is 43.0 Å². The average Bonchev–Trinajstić information content (AvgIpc) is 3.12. The number of halogens is 1. The van der Waals surface area contributed by atoms with Crippen molar-refractivity contribution in [3.05, 3.63) is 48.0 Å². The minimum Gasteiger partial charge on any atom is -0.368 e. The van der Waals surface area contributed by atoms with Gasteiger partial charge in [0.25, 0.3) is 0 Å². The van der Waals surface area contributed by atoms with Crippen LogP contribution in [0.1, 0.15) is 0 Å². The van der Waals surface area contributed by atoms with Gasteiger partial charge in [0, 0.05) is 42.3 Å². The molecule has 0 aliphatic carbocycles. The van der Waals surface area contributed by atoms with Gasteiger partial charge in [-0.25, -0.2) is 9.97 Å². The van der Waals surface area contributed by atoms with Crippen molar-refractivity contribution >= 4 is 39.4 Å². The van der Waals surface area contributed by atoms with Crippen LogP contribution in [-0.2, 0) is 13.6 Å². The number of nitrogens with one attached hydrogen (secondary N) is 1. The first-order chi connectivity index (χ1) is 11.2. The summed E-state index contributed by atoms with van der Waals surface area (Å²) in [6, 6.07) is 8.01. The van der Waals surface area contributed by atoms with Crippen molar-refractivity contribution in [2.24, 2.45) is 7.05 Å². The zero-order valence-corrected chi connectivity index (χ0v) is 13.3. The van der Waals surface area contributed by atoms with Crippen LogP contribution in [0.25, 0.3) is 21.9 Å². The number of hydrogen-bond acceptors (Lipinski definition) is 4. The van der Waals surface area contributed by atoms with Gasteiger partial charge in [-0.15, -0.1) is 0 Å². The molecule has 116 valence electrons. The quantitative estimate of drug-likeness (QED) is 0.626. The highest BCUT2D eigenvalue weighted by Crippen LogP contribution is 2.21. The Kier molecular flexibility index (Phi) is 3.38. The van der Waals surface area contributed by atoms with E-state index in [2.05, 4.69) is 37.2 Å². The second-order valence-electron chi connectivity index (χ2n) is 5.37. The fourth-order valence-corrected chi connectivity index (χ4v) is 2.94. The lowest BCUT2D eigenvalue weighted by atomic mass is 10.2. The first kappa shape index (κ1) is 14.0. The number of hydrogen-bond donors (Lipinski definition) is 1. The predicted octanol–water partition coefficient (Wildman–Crippen LogP) is 3.08. The van der Waals surface area contributed by atoms with Crippen molar-refractivity contribution in [3.63, 3.8) is 0 Å². The van der Waals surface area contributed by atoms with E-state index in [0.717, 1.165) is 40.3 Å². The van der Waals surface area contributed by atoms with Crippen LogP contribution in [0.2, 0.25) is 5.02 Å². The summed E-state index contributed by atoms with van der Waals surface area (Å²) in [7, 11) is 1.87. The molecule has 0 aliphatic rings. The molecular formula is C16H15ClN6. The summed E-state index contributed by atoms with van der Waals surface area (Å²) in [6.07, 6.45) is 5.41. The molecule has 1 N–H and O–H groups in total. The summed E-state index contributed by atoms with van der Waals surface area (Å²) in [5, 5.41) is 10.4. The Morgan fingerprint density at radius 1 is 1.22 bits per heavy atom. The smallest absolute Gasteiger partial charge is 0.163 e. The van der Waals surface area contributed by atoms with Gasteiger partial charge in [0.1, 0.15) is 12.1 Å². The van der Waals surface area contributed by atoms with Gasteiger partial charge < -0.3 is 9.88 Å². The SMILES string of the molecule is Cn1ncc2c(NCCn3ccc4cc(Cl)ccc43)ncnc21. The van der Waals surface area contributed by atoms with E-state index in [1.807, 2.05) is 25.2 Å². The van der Waals surface area contributed by atoms with E-state index in [-0.39, 0.29) is 0 Å². The van der Waals surface area contributed by atoms with E-state index >= 15 is 0 Å². The molecule has 4 aromatic rings. The Hall–Kier alpha value is -2.60.